The molecule has 0 aliphatic heterocycles. The number of hydrogen-bond donors (Lipinski definition) is 1. The summed E-state index contributed by atoms with van der Waals surface area (Å²) in [5, 5.41) is 15.4. The van der Waals surface area contributed by atoms with Crippen LogP contribution in [0.5, 0.6) is 0 Å². The van der Waals surface area contributed by atoms with Crippen LogP contribution in [0.15, 0.2) is 35.4 Å². The number of rotatable bonds is 4. The molecule has 0 aliphatic rings. The fraction of sp³-hybridized carbons (Fsp3) is 0.231. The second-order valence-corrected chi connectivity index (χ2v) is 4.20. The highest BCUT2D eigenvalue weighted by atomic mass is 16.2. The Kier molecular flexibility index (Phi) is 3.96. The van der Waals surface area contributed by atoms with Crippen molar-refractivity contribution in [3.8, 4) is 6.07 Å². The highest BCUT2D eigenvalue weighted by Gasteiger charge is 2.08. The minimum atomic E-state index is -0.273. The van der Waals surface area contributed by atoms with Crippen molar-refractivity contribution in [1.29, 1.82) is 5.26 Å². The highest BCUT2D eigenvalue weighted by Crippen LogP contribution is 2.13. The van der Waals surface area contributed by atoms with Gasteiger partial charge in [-0.3, -0.25) is 9.36 Å². The molecule has 0 radical (unpaired) electrons. The Morgan fingerprint density at radius 3 is 2.85 bits per heavy atom. The number of benzene rings is 1. The molecule has 1 N–H and O–H groups in total. The van der Waals surface area contributed by atoms with Crippen molar-refractivity contribution < 1.29 is 4.79 Å². The first kappa shape index (κ1) is 13.5. The van der Waals surface area contributed by atoms with Crippen LogP contribution in [-0.4, -0.2) is 20.3 Å². The maximum absolute atomic E-state index is 11.8. The lowest BCUT2D eigenvalue weighted by Gasteiger charge is -2.06. The van der Waals surface area contributed by atoms with E-state index in [1.165, 1.54) is 15.6 Å². The van der Waals surface area contributed by atoms with Crippen molar-refractivity contribution in [1.82, 2.24) is 14.3 Å². The van der Waals surface area contributed by atoms with E-state index in [2.05, 4.69) is 10.4 Å². The predicted molar refractivity (Wildman–Crippen MR) is 71.9 cm³/mol. The van der Waals surface area contributed by atoms with Gasteiger partial charge in [0.25, 0.3) is 0 Å². The van der Waals surface area contributed by atoms with Gasteiger partial charge in [-0.2, -0.15) is 10.4 Å². The average Bonchev–Trinajstić information content (AvgIpc) is 2.77. The molecular weight excluding hydrogens is 258 g/mol. The second kappa shape index (κ2) is 5.84. The summed E-state index contributed by atoms with van der Waals surface area (Å²) in [6.45, 7) is 0.195. The fourth-order valence-corrected chi connectivity index (χ4v) is 1.68. The van der Waals surface area contributed by atoms with Gasteiger partial charge in [-0.25, -0.2) is 9.48 Å². The Labute approximate surface area is 115 Å². The number of amides is 1. The quantitative estimate of drug-likeness (QED) is 0.875. The Morgan fingerprint density at radius 1 is 1.45 bits per heavy atom. The minimum absolute atomic E-state index is 0.108. The van der Waals surface area contributed by atoms with Crippen LogP contribution in [0.25, 0.3) is 0 Å². The molecule has 0 fully saturated rings. The Morgan fingerprint density at radius 2 is 2.20 bits per heavy atom. The zero-order valence-corrected chi connectivity index (χ0v) is 10.9. The molecule has 7 heteroatoms. The van der Waals surface area contributed by atoms with Crippen LogP contribution in [0.3, 0.4) is 0 Å². The SMILES string of the molecule is Cn1cnn(CCC(=O)Nc2ccccc2C#N)c1=O. The van der Waals surface area contributed by atoms with E-state index in [9.17, 15) is 9.59 Å². The number of aromatic nitrogens is 3. The lowest BCUT2D eigenvalue weighted by Crippen LogP contribution is -2.25. The van der Waals surface area contributed by atoms with Crippen LogP contribution >= 0.6 is 0 Å². The Bertz CT molecular complexity index is 723. The van der Waals surface area contributed by atoms with Gasteiger partial charge in [-0.15, -0.1) is 0 Å². The molecule has 0 aliphatic carbocycles. The molecule has 0 atom stereocenters. The van der Waals surface area contributed by atoms with Gasteiger partial charge in [0.05, 0.1) is 17.8 Å². The number of nitriles is 1. The van der Waals surface area contributed by atoms with E-state index in [1.807, 2.05) is 6.07 Å². The van der Waals surface area contributed by atoms with Crippen LogP contribution in [-0.2, 0) is 18.4 Å². The zero-order chi connectivity index (χ0) is 14.5. The third-order valence-electron chi connectivity index (χ3n) is 2.76. The smallest absolute Gasteiger partial charge is 0.325 e. The number of para-hydroxylation sites is 1. The molecule has 2 rings (SSSR count). The third-order valence-corrected chi connectivity index (χ3v) is 2.76. The van der Waals surface area contributed by atoms with Gasteiger partial charge in [0, 0.05) is 13.5 Å². The van der Waals surface area contributed by atoms with Gasteiger partial charge in [0.15, 0.2) is 0 Å². The average molecular weight is 271 g/mol. The summed E-state index contributed by atoms with van der Waals surface area (Å²) in [4.78, 5) is 23.3. The monoisotopic (exact) mass is 271 g/mol. The largest absolute Gasteiger partial charge is 0.345 e. The Hall–Kier alpha value is -2.88. The summed E-state index contributed by atoms with van der Waals surface area (Å²) in [6, 6.07) is 8.74. The number of nitrogens with zero attached hydrogens (tertiary/aromatic N) is 4. The molecule has 1 aromatic heterocycles. The van der Waals surface area contributed by atoms with Crippen molar-refractivity contribution in [2.45, 2.75) is 13.0 Å². The van der Waals surface area contributed by atoms with Gasteiger partial charge in [0.2, 0.25) is 5.91 Å². The van der Waals surface area contributed by atoms with Crippen LogP contribution in [0.4, 0.5) is 5.69 Å². The van der Waals surface area contributed by atoms with E-state index in [0.29, 0.717) is 11.3 Å². The maximum Gasteiger partial charge on any atom is 0.345 e. The van der Waals surface area contributed by atoms with Crippen LogP contribution < -0.4 is 11.0 Å². The highest BCUT2D eigenvalue weighted by molar-refractivity contribution is 5.91. The summed E-state index contributed by atoms with van der Waals surface area (Å²) < 4.78 is 2.55. The number of carbonyl (C=O) groups is 1. The van der Waals surface area contributed by atoms with Gasteiger partial charge in [-0.1, -0.05) is 12.1 Å². The van der Waals surface area contributed by atoms with Crippen LogP contribution in [0.1, 0.15) is 12.0 Å². The fourth-order valence-electron chi connectivity index (χ4n) is 1.68. The van der Waals surface area contributed by atoms with Crippen molar-refractivity contribution >= 4 is 11.6 Å². The van der Waals surface area contributed by atoms with Gasteiger partial charge >= 0.3 is 5.69 Å². The van der Waals surface area contributed by atoms with Crippen molar-refractivity contribution in [2.75, 3.05) is 5.32 Å². The molecule has 0 spiro atoms. The van der Waals surface area contributed by atoms with E-state index >= 15 is 0 Å². The summed E-state index contributed by atoms with van der Waals surface area (Å²) in [5.74, 6) is -0.273. The van der Waals surface area contributed by atoms with Gasteiger partial charge < -0.3 is 5.32 Å². The van der Waals surface area contributed by atoms with E-state index < -0.39 is 0 Å². The lowest BCUT2D eigenvalue weighted by atomic mass is 10.2. The van der Waals surface area contributed by atoms with Crippen LogP contribution in [0, 0.1) is 11.3 Å². The summed E-state index contributed by atoms with van der Waals surface area (Å²) in [5.41, 5.74) is 0.597. The summed E-state index contributed by atoms with van der Waals surface area (Å²) >= 11 is 0. The van der Waals surface area contributed by atoms with Crippen LogP contribution in [0.2, 0.25) is 0 Å². The van der Waals surface area contributed by atoms with Crippen molar-refractivity contribution in [3.05, 3.63) is 46.6 Å². The molecule has 0 saturated heterocycles. The molecule has 1 heterocycles. The molecule has 0 bridgehead atoms. The summed E-state index contributed by atoms with van der Waals surface area (Å²) in [6.07, 6.45) is 1.50. The summed E-state index contributed by atoms with van der Waals surface area (Å²) in [7, 11) is 1.59. The van der Waals surface area contributed by atoms with Gasteiger partial charge in [-0.05, 0) is 12.1 Å². The number of aryl methyl sites for hydroxylation is 2. The lowest BCUT2D eigenvalue weighted by molar-refractivity contribution is -0.116. The first-order valence-corrected chi connectivity index (χ1v) is 5.99. The zero-order valence-electron chi connectivity index (χ0n) is 10.9. The molecule has 102 valence electrons. The van der Waals surface area contributed by atoms with Crippen molar-refractivity contribution in [2.24, 2.45) is 7.05 Å². The second-order valence-electron chi connectivity index (χ2n) is 4.20. The molecule has 0 saturated carbocycles. The number of nitrogens with one attached hydrogen (secondary N) is 1. The molecule has 1 aromatic carbocycles. The van der Waals surface area contributed by atoms with Gasteiger partial charge in [0.1, 0.15) is 12.4 Å². The van der Waals surface area contributed by atoms with E-state index in [1.54, 1.807) is 31.3 Å². The normalized spacial score (nSPS) is 10.0. The maximum atomic E-state index is 11.8. The molecule has 0 unspecified atom stereocenters. The molecule has 20 heavy (non-hydrogen) atoms. The number of hydrogen-bond acceptors (Lipinski definition) is 4. The number of anilines is 1. The molecule has 7 nitrogen and oxygen atoms in total. The molecule has 1 amide bonds. The topological polar surface area (TPSA) is 92.7 Å². The Balaban J connectivity index is 1.98. The first-order valence-electron chi connectivity index (χ1n) is 5.99. The first-order chi connectivity index (χ1) is 9.61. The standard InChI is InChI=1S/C13H13N5O2/c1-17-9-15-18(13(17)20)7-6-12(19)16-11-5-3-2-4-10(11)8-14/h2-5,9H,6-7H2,1H3,(H,16,19). The third kappa shape index (κ3) is 2.92. The van der Waals surface area contributed by atoms with E-state index in [-0.39, 0.29) is 24.6 Å². The van der Waals surface area contributed by atoms with E-state index in [0.717, 1.165) is 0 Å². The number of carbonyl (C=O) groups excluding carboxylic acids is 1. The molecule has 2 aromatic rings. The van der Waals surface area contributed by atoms with Crippen molar-refractivity contribution in [3.63, 3.8) is 0 Å². The van der Waals surface area contributed by atoms with E-state index in [4.69, 9.17) is 5.26 Å². The predicted octanol–water partition coefficient (Wildman–Crippen LogP) is 0.482. The minimum Gasteiger partial charge on any atom is -0.325 e. The molecular formula is C13H13N5O2.